The summed E-state index contributed by atoms with van der Waals surface area (Å²) in [5.74, 6) is 0.355. The van der Waals surface area contributed by atoms with Crippen molar-refractivity contribution in [1.82, 2.24) is 9.88 Å². The van der Waals surface area contributed by atoms with Crippen molar-refractivity contribution in [3.05, 3.63) is 30.1 Å². The third-order valence-corrected chi connectivity index (χ3v) is 3.12. The number of aliphatic hydroxyl groups is 1. The van der Waals surface area contributed by atoms with Crippen molar-refractivity contribution in [2.24, 2.45) is 5.92 Å². The highest BCUT2D eigenvalue weighted by Gasteiger charge is 2.25. The lowest BCUT2D eigenvalue weighted by molar-refractivity contribution is 0.0366. The van der Waals surface area contributed by atoms with Gasteiger partial charge in [-0.1, -0.05) is 6.07 Å². The van der Waals surface area contributed by atoms with Gasteiger partial charge in [0.1, 0.15) is 0 Å². The Hall–Kier alpha value is -0.930. The Morgan fingerprint density at radius 3 is 3.20 bits per heavy atom. The van der Waals surface area contributed by atoms with E-state index in [2.05, 4.69) is 23.0 Å². The Morgan fingerprint density at radius 1 is 1.60 bits per heavy atom. The second kappa shape index (κ2) is 4.73. The first kappa shape index (κ1) is 10.6. The van der Waals surface area contributed by atoms with Gasteiger partial charge < -0.3 is 10.0 Å². The van der Waals surface area contributed by atoms with Gasteiger partial charge in [-0.15, -0.1) is 0 Å². The van der Waals surface area contributed by atoms with Crippen molar-refractivity contribution in [1.29, 1.82) is 0 Å². The Morgan fingerprint density at radius 2 is 2.47 bits per heavy atom. The Balaban J connectivity index is 1.98. The molecule has 1 aliphatic rings. The molecule has 2 rings (SSSR count). The minimum absolute atomic E-state index is 0.151. The molecule has 1 aliphatic heterocycles. The van der Waals surface area contributed by atoms with E-state index in [9.17, 15) is 5.11 Å². The predicted octanol–water partition coefficient (Wildman–Crippen LogP) is 0.937. The van der Waals surface area contributed by atoms with Gasteiger partial charge in [0.05, 0.1) is 6.10 Å². The van der Waals surface area contributed by atoms with E-state index in [4.69, 9.17) is 0 Å². The van der Waals surface area contributed by atoms with E-state index in [-0.39, 0.29) is 6.10 Å². The van der Waals surface area contributed by atoms with E-state index < -0.39 is 0 Å². The summed E-state index contributed by atoms with van der Waals surface area (Å²) in [6.45, 7) is 1.99. The van der Waals surface area contributed by atoms with E-state index in [1.54, 1.807) is 6.20 Å². The van der Waals surface area contributed by atoms with Gasteiger partial charge in [-0.25, -0.2) is 0 Å². The molecule has 0 amide bonds. The van der Waals surface area contributed by atoms with Crippen molar-refractivity contribution in [3.8, 4) is 0 Å². The molecule has 0 radical (unpaired) electrons. The summed E-state index contributed by atoms with van der Waals surface area (Å²) >= 11 is 0. The second-order valence-electron chi connectivity index (χ2n) is 4.44. The van der Waals surface area contributed by atoms with E-state index in [0.29, 0.717) is 5.92 Å². The topological polar surface area (TPSA) is 36.4 Å². The number of rotatable bonds is 2. The van der Waals surface area contributed by atoms with Crippen LogP contribution in [-0.4, -0.2) is 41.2 Å². The fraction of sp³-hybridized carbons (Fsp3) is 0.583. The second-order valence-corrected chi connectivity index (χ2v) is 4.44. The number of piperidine rings is 1. The summed E-state index contributed by atoms with van der Waals surface area (Å²) in [6.07, 6.45) is 5.34. The highest BCUT2D eigenvalue weighted by atomic mass is 16.3. The first-order chi connectivity index (χ1) is 7.25. The zero-order chi connectivity index (χ0) is 10.7. The lowest BCUT2D eigenvalue weighted by atomic mass is 9.89. The predicted molar refractivity (Wildman–Crippen MR) is 59.6 cm³/mol. The molecule has 1 aromatic heterocycles. The van der Waals surface area contributed by atoms with Crippen LogP contribution in [0.2, 0.25) is 0 Å². The molecule has 0 spiro atoms. The highest BCUT2D eigenvalue weighted by molar-refractivity contribution is 5.10. The smallest absolute Gasteiger partial charge is 0.0596 e. The van der Waals surface area contributed by atoms with Gasteiger partial charge in [-0.3, -0.25) is 4.98 Å². The molecule has 0 saturated carbocycles. The minimum atomic E-state index is -0.151. The average Bonchev–Trinajstić information content (AvgIpc) is 2.25. The Bertz CT molecular complexity index is 302. The standard InChI is InChI=1S/C12H18N2O/c1-14-6-4-12(15)11(9-14)7-10-3-2-5-13-8-10/h2-3,5,8,11-12,15H,4,6-7,9H2,1H3/t11-,12-/m1/s1. The molecule has 0 unspecified atom stereocenters. The summed E-state index contributed by atoms with van der Waals surface area (Å²) in [6, 6.07) is 4.03. The van der Waals surface area contributed by atoms with E-state index in [1.807, 2.05) is 12.3 Å². The van der Waals surface area contributed by atoms with Crippen LogP contribution < -0.4 is 0 Å². The molecule has 1 aromatic rings. The third kappa shape index (κ3) is 2.76. The Labute approximate surface area is 90.8 Å². The van der Waals surface area contributed by atoms with Crippen LogP contribution in [0.15, 0.2) is 24.5 Å². The number of nitrogens with zero attached hydrogens (tertiary/aromatic N) is 2. The van der Waals surface area contributed by atoms with Crippen molar-refractivity contribution in [2.45, 2.75) is 18.9 Å². The number of pyridine rings is 1. The molecule has 82 valence electrons. The molecule has 15 heavy (non-hydrogen) atoms. The molecule has 1 N–H and O–H groups in total. The van der Waals surface area contributed by atoms with Crippen LogP contribution in [0.4, 0.5) is 0 Å². The molecule has 0 aromatic carbocycles. The molecule has 1 fully saturated rings. The highest BCUT2D eigenvalue weighted by Crippen LogP contribution is 2.20. The molecule has 0 aliphatic carbocycles. The van der Waals surface area contributed by atoms with Gasteiger partial charge in [-0.05, 0) is 31.5 Å². The van der Waals surface area contributed by atoms with Gasteiger partial charge in [-0.2, -0.15) is 0 Å². The molecular formula is C12H18N2O. The zero-order valence-corrected chi connectivity index (χ0v) is 9.13. The first-order valence-electron chi connectivity index (χ1n) is 5.51. The Kier molecular flexibility index (Phi) is 3.34. The monoisotopic (exact) mass is 206 g/mol. The molecule has 2 atom stereocenters. The quantitative estimate of drug-likeness (QED) is 0.782. The van der Waals surface area contributed by atoms with Gasteiger partial charge in [0.25, 0.3) is 0 Å². The third-order valence-electron chi connectivity index (χ3n) is 3.12. The number of aromatic nitrogens is 1. The summed E-state index contributed by atoms with van der Waals surface area (Å²) in [5.41, 5.74) is 1.22. The maximum Gasteiger partial charge on any atom is 0.0596 e. The lowest BCUT2D eigenvalue weighted by Crippen LogP contribution is -2.41. The first-order valence-corrected chi connectivity index (χ1v) is 5.51. The summed E-state index contributed by atoms with van der Waals surface area (Å²) in [7, 11) is 2.11. The summed E-state index contributed by atoms with van der Waals surface area (Å²) < 4.78 is 0. The molecule has 0 bridgehead atoms. The van der Waals surface area contributed by atoms with Crippen LogP contribution in [0, 0.1) is 5.92 Å². The van der Waals surface area contributed by atoms with Crippen molar-refractivity contribution in [2.75, 3.05) is 20.1 Å². The molecular weight excluding hydrogens is 188 g/mol. The van der Waals surface area contributed by atoms with Gasteiger partial charge in [0.2, 0.25) is 0 Å². The van der Waals surface area contributed by atoms with E-state index >= 15 is 0 Å². The van der Waals surface area contributed by atoms with Crippen LogP contribution in [0.5, 0.6) is 0 Å². The normalized spacial score (nSPS) is 27.9. The minimum Gasteiger partial charge on any atom is -0.393 e. The van der Waals surface area contributed by atoms with Gasteiger partial charge >= 0.3 is 0 Å². The van der Waals surface area contributed by atoms with Crippen LogP contribution in [0.1, 0.15) is 12.0 Å². The summed E-state index contributed by atoms with van der Waals surface area (Å²) in [4.78, 5) is 6.38. The van der Waals surface area contributed by atoms with Crippen molar-refractivity contribution >= 4 is 0 Å². The zero-order valence-electron chi connectivity index (χ0n) is 9.13. The summed E-state index contributed by atoms with van der Waals surface area (Å²) in [5, 5.41) is 9.90. The largest absolute Gasteiger partial charge is 0.393 e. The van der Waals surface area contributed by atoms with Crippen LogP contribution in [-0.2, 0) is 6.42 Å². The van der Waals surface area contributed by atoms with Gasteiger partial charge in [0, 0.05) is 31.4 Å². The van der Waals surface area contributed by atoms with Crippen molar-refractivity contribution < 1.29 is 5.11 Å². The van der Waals surface area contributed by atoms with Gasteiger partial charge in [0.15, 0.2) is 0 Å². The molecule has 3 nitrogen and oxygen atoms in total. The molecule has 2 heterocycles. The van der Waals surface area contributed by atoms with E-state index in [1.165, 1.54) is 5.56 Å². The SMILES string of the molecule is CN1CC[C@@H](O)[C@H](Cc2cccnc2)C1. The van der Waals surface area contributed by atoms with Crippen LogP contribution in [0.3, 0.4) is 0 Å². The maximum atomic E-state index is 9.90. The van der Waals surface area contributed by atoms with Crippen LogP contribution in [0.25, 0.3) is 0 Å². The van der Waals surface area contributed by atoms with Crippen LogP contribution >= 0.6 is 0 Å². The number of aliphatic hydroxyl groups excluding tert-OH is 1. The fourth-order valence-corrected chi connectivity index (χ4v) is 2.22. The van der Waals surface area contributed by atoms with E-state index in [0.717, 1.165) is 25.9 Å². The average molecular weight is 206 g/mol. The molecule has 3 heteroatoms. The number of hydrogen-bond acceptors (Lipinski definition) is 3. The molecule has 1 saturated heterocycles. The number of likely N-dealkylation sites (tertiary alicyclic amines) is 1. The van der Waals surface area contributed by atoms with Crippen molar-refractivity contribution in [3.63, 3.8) is 0 Å². The maximum absolute atomic E-state index is 9.90. The fourth-order valence-electron chi connectivity index (χ4n) is 2.22. The number of hydrogen-bond donors (Lipinski definition) is 1. The lowest BCUT2D eigenvalue weighted by Gasteiger charge is -2.33.